The molecule has 0 aliphatic rings. The van der Waals surface area contributed by atoms with Gasteiger partial charge in [0.05, 0.1) is 6.61 Å². The molecule has 0 aromatic rings. The van der Waals surface area contributed by atoms with Crippen molar-refractivity contribution < 1.29 is 54.0 Å². The summed E-state index contributed by atoms with van der Waals surface area (Å²) in [4.78, 5) is 22.9. The van der Waals surface area contributed by atoms with E-state index in [0.29, 0.717) is 7.05 Å². The molecule has 0 aromatic carbocycles. The van der Waals surface area contributed by atoms with Crippen LogP contribution in [0.2, 0.25) is 0 Å². The van der Waals surface area contributed by atoms with Gasteiger partial charge in [-0.3, -0.25) is 4.79 Å². The van der Waals surface area contributed by atoms with E-state index in [0.717, 1.165) is 6.92 Å². The fraction of sp³-hybridized carbons (Fsp3) is 0.636. The summed E-state index contributed by atoms with van der Waals surface area (Å²) in [6.07, 6.45) is -7.75. The number of likely N-dealkylation sites (N-methyl/N-ethyl adjacent to an activating group) is 1. The van der Waals surface area contributed by atoms with Crippen molar-refractivity contribution in [3.05, 3.63) is 12.2 Å². The van der Waals surface area contributed by atoms with Gasteiger partial charge in [0.15, 0.2) is 10.1 Å². The zero-order chi connectivity index (χ0) is 20.3. The minimum absolute atomic E-state index is 0.575. The number of amides is 1. The lowest BCUT2D eigenvalue weighted by molar-refractivity contribution is -0.348. The van der Waals surface area contributed by atoms with Crippen LogP contribution in [0.4, 0.5) is 22.0 Å². The summed E-state index contributed by atoms with van der Waals surface area (Å²) in [5.74, 6) is -8.16. The second-order valence-corrected chi connectivity index (χ2v) is 6.06. The third kappa shape index (κ3) is 5.34. The van der Waals surface area contributed by atoms with Crippen LogP contribution in [0.1, 0.15) is 13.3 Å². The van der Waals surface area contributed by atoms with Crippen LogP contribution in [0.15, 0.2) is 12.2 Å². The van der Waals surface area contributed by atoms with Gasteiger partial charge in [0.1, 0.15) is 0 Å². The van der Waals surface area contributed by atoms with Gasteiger partial charge in [0, 0.05) is 19.0 Å². The average Bonchev–Trinajstić information content (AvgIpc) is 2.42. The Labute approximate surface area is 138 Å². The van der Waals surface area contributed by atoms with E-state index in [9.17, 15) is 44.5 Å². The summed E-state index contributed by atoms with van der Waals surface area (Å²) in [7, 11) is -5.48. The van der Waals surface area contributed by atoms with Crippen molar-refractivity contribution in [3.63, 3.8) is 0 Å². The van der Waals surface area contributed by atoms with Crippen molar-refractivity contribution in [2.45, 2.75) is 30.6 Å². The third-order valence-electron chi connectivity index (χ3n) is 2.55. The molecule has 14 heteroatoms. The number of alkyl halides is 5. The van der Waals surface area contributed by atoms with E-state index in [4.69, 9.17) is 0 Å². The number of hydrogen-bond acceptors (Lipinski definition) is 7. The first-order valence-electron chi connectivity index (χ1n) is 6.17. The van der Waals surface area contributed by atoms with Crippen LogP contribution < -0.4 is 5.32 Å². The fourth-order valence-corrected chi connectivity index (χ4v) is 1.56. The number of carbonyl (C=O) groups is 2. The molecule has 0 aliphatic heterocycles. The number of esters is 1. The molecule has 0 bridgehead atoms. The van der Waals surface area contributed by atoms with E-state index in [2.05, 4.69) is 16.1 Å². The Morgan fingerprint density at radius 2 is 1.68 bits per heavy atom. The molecule has 0 heterocycles. The van der Waals surface area contributed by atoms with Crippen molar-refractivity contribution in [3.8, 4) is 0 Å². The Kier molecular flexibility index (Phi) is 7.07. The average molecular weight is 398 g/mol. The van der Waals surface area contributed by atoms with E-state index in [1.165, 1.54) is 5.32 Å². The summed E-state index contributed by atoms with van der Waals surface area (Å²) in [5.41, 5.74) is -0.575. The highest BCUT2D eigenvalue weighted by Gasteiger charge is 2.66. The molecular weight excluding hydrogens is 385 g/mol. The van der Waals surface area contributed by atoms with Crippen LogP contribution in [0.5, 0.6) is 0 Å². The topological polar surface area (TPSA) is 122 Å². The molecule has 0 aromatic heterocycles. The van der Waals surface area contributed by atoms with Crippen molar-refractivity contribution >= 4 is 22.0 Å². The second kappa shape index (κ2) is 7.61. The molecule has 0 spiro atoms. The molecule has 0 radical (unpaired) electrons. The van der Waals surface area contributed by atoms with E-state index in [1.54, 1.807) is 0 Å². The molecule has 0 aliphatic carbocycles. The minimum atomic E-state index is -6.18. The minimum Gasteiger partial charge on any atom is -0.743 e. The predicted molar refractivity (Wildman–Crippen MR) is 69.0 cm³/mol. The highest BCUT2D eigenvalue weighted by Crippen LogP contribution is 2.37. The molecule has 146 valence electrons. The highest BCUT2D eigenvalue weighted by atomic mass is 32.2. The van der Waals surface area contributed by atoms with Gasteiger partial charge >= 0.3 is 29.1 Å². The SMILES string of the molecule is C=C(C)C(=O)OC(OCCC(F)(F)S(=O)(=O)[O-])(C(=O)NC)C(F)(F)F. The van der Waals surface area contributed by atoms with E-state index < -0.39 is 57.8 Å². The lowest BCUT2D eigenvalue weighted by Gasteiger charge is -2.33. The van der Waals surface area contributed by atoms with Gasteiger partial charge in [-0.2, -0.15) is 22.0 Å². The number of halogens is 5. The zero-order valence-corrected chi connectivity index (χ0v) is 13.6. The molecule has 0 fully saturated rings. The Balaban J connectivity index is 5.71. The van der Waals surface area contributed by atoms with Gasteiger partial charge < -0.3 is 19.3 Å². The maximum Gasteiger partial charge on any atom is 0.466 e. The third-order valence-corrected chi connectivity index (χ3v) is 3.48. The molecule has 0 rings (SSSR count). The molecule has 1 amide bonds. The molecular formula is C11H13F5NO7S-. The van der Waals surface area contributed by atoms with Crippen molar-refractivity contribution in [1.82, 2.24) is 5.32 Å². The Bertz CT molecular complexity index is 646. The lowest BCUT2D eigenvalue weighted by atomic mass is 10.2. The zero-order valence-electron chi connectivity index (χ0n) is 12.8. The van der Waals surface area contributed by atoms with Crippen LogP contribution in [0, 0.1) is 0 Å². The smallest absolute Gasteiger partial charge is 0.466 e. The van der Waals surface area contributed by atoms with Crippen molar-refractivity contribution in [1.29, 1.82) is 0 Å². The predicted octanol–water partition coefficient (Wildman–Crippen LogP) is 0.655. The standard InChI is InChI=1S/C11H14F5NO7S/c1-6(2)7(18)24-10(8(19)17-3,11(14,15)16)23-5-4-9(12,13)25(20,21)22/h1,4-5H2,2-3H3,(H,17,19)(H,20,21,22)/p-1. The number of hydrogen-bond donors (Lipinski definition) is 1. The van der Waals surface area contributed by atoms with E-state index in [-0.39, 0.29) is 0 Å². The summed E-state index contributed by atoms with van der Waals surface area (Å²) in [6.45, 7) is 2.17. The Morgan fingerprint density at radius 3 is 2.00 bits per heavy atom. The maximum atomic E-state index is 13.2. The van der Waals surface area contributed by atoms with Gasteiger partial charge in [0.25, 0.3) is 0 Å². The fourth-order valence-electron chi connectivity index (χ4n) is 1.23. The Hall–Kier alpha value is -1.80. The van der Waals surface area contributed by atoms with Crippen LogP contribution >= 0.6 is 0 Å². The summed E-state index contributed by atoms with van der Waals surface area (Å²) < 4.78 is 105. The van der Waals surface area contributed by atoms with Gasteiger partial charge in [-0.05, 0) is 6.92 Å². The van der Waals surface area contributed by atoms with Gasteiger partial charge in [0.2, 0.25) is 0 Å². The molecule has 1 unspecified atom stereocenters. The van der Waals surface area contributed by atoms with Gasteiger partial charge in [-0.1, -0.05) is 6.58 Å². The van der Waals surface area contributed by atoms with Gasteiger partial charge in [-0.15, -0.1) is 0 Å². The van der Waals surface area contributed by atoms with Crippen molar-refractivity contribution in [2.75, 3.05) is 13.7 Å². The molecule has 0 saturated carbocycles. The molecule has 0 saturated heterocycles. The monoisotopic (exact) mass is 398 g/mol. The molecule has 25 heavy (non-hydrogen) atoms. The summed E-state index contributed by atoms with van der Waals surface area (Å²) >= 11 is 0. The first kappa shape index (κ1) is 23.2. The summed E-state index contributed by atoms with van der Waals surface area (Å²) in [6, 6.07) is 0. The number of ether oxygens (including phenoxy) is 2. The number of carbonyl (C=O) groups excluding carboxylic acids is 2. The second-order valence-electron chi connectivity index (χ2n) is 4.55. The molecule has 8 nitrogen and oxygen atoms in total. The molecule has 1 atom stereocenters. The molecule has 1 N–H and O–H groups in total. The first-order chi connectivity index (χ1) is 11.0. The largest absolute Gasteiger partial charge is 0.743 e. The van der Waals surface area contributed by atoms with Gasteiger partial charge in [-0.25, -0.2) is 13.2 Å². The van der Waals surface area contributed by atoms with Crippen LogP contribution in [0.3, 0.4) is 0 Å². The quantitative estimate of drug-likeness (QED) is 0.209. The van der Waals surface area contributed by atoms with Crippen LogP contribution in [0.25, 0.3) is 0 Å². The lowest BCUT2D eigenvalue weighted by Crippen LogP contribution is -2.61. The van der Waals surface area contributed by atoms with E-state index in [1.807, 2.05) is 0 Å². The van der Waals surface area contributed by atoms with Crippen LogP contribution in [-0.2, 0) is 29.2 Å². The normalized spacial score (nSPS) is 15.2. The summed E-state index contributed by atoms with van der Waals surface area (Å²) in [5, 5.41) is -3.49. The Morgan fingerprint density at radius 1 is 1.20 bits per heavy atom. The van der Waals surface area contributed by atoms with Crippen LogP contribution in [-0.4, -0.2) is 55.7 Å². The maximum absolute atomic E-state index is 13.2. The number of nitrogens with one attached hydrogen (secondary N) is 1. The number of rotatable bonds is 8. The van der Waals surface area contributed by atoms with E-state index >= 15 is 0 Å². The van der Waals surface area contributed by atoms with Crippen molar-refractivity contribution in [2.24, 2.45) is 0 Å². The first-order valence-corrected chi connectivity index (χ1v) is 7.57. The highest BCUT2D eigenvalue weighted by molar-refractivity contribution is 7.86.